The van der Waals surface area contributed by atoms with E-state index in [-0.39, 0.29) is 16.6 Å². The second kappa shape index (κ2) is 9.68. The summed E-state index contributed by atoms with van der Waals surface area (Å²) in [5.74, 6) is -0.274. The summed E-state index contributed by atoms with van der Waals surface area (Å²) in [6.07, 6.45) is 7.92. The van der Waals surface area contributed by atoms with E-state index in [2.05, 4.69) is 36.8 Å². The Hall–Kier alpha value is -2.81. The SMILES string of the molecule is CC(C)(C)c1ccc(S(=O)(=O)N2CCC3=Cc4c(cnn4-c4ccc(F)cc4)C[C@]3(CN3CCCC3)C2)cc1. The van der Waals surface area contributed by atoms with Crippen molar-refractivity contribution in [1.82, 2.24) is 19.0 Å². The van der Waals surface area contributed by atoms with Crippen molar-refractivity contribution < 1.29 is 12.8 Å². The fraction of sp³-hybridized carbons (Fsp3) is 0.452. The zero-order valence-electron chi connectivity index (χ0n) is 23.0. The molecule has 6 nitrogen and oxygen atoms in total. The summed E-state index contributed by atoms with van der Waals surface area (Å²) in [7, 11) is -3.63. The van der Waals surface area contributed by atoms with Crippen LogP contribution in [-0.2, 0) is 21.9 Å². The molecule has 2 aliphatic heterocycles. The minimum atomic E-state index is -3.63. The van der Waals surface area contributed by atoms with Crippen LogP contribution >= 0.6 is 0 Å². The number of benzene rings is 2. The van der Waals surface area contributed by atoms with Crippen molar-refractivity contribution in [2.75, 3.05) is 32.7 Å². The van der Waals surface area contributed by atoms with Crippen LogP contribution in [0, 0.1) is 11.2 Å². The Kier molecular flexibility index (Phi) is 6.56. The Morgan fingerprint density at radius 3 is 2.33 bits per heavy atom. The molecular formula is C31H37FN4O2S. The van der Waals surface area contributed by atoms with E-state index in [4.69, 9.17) is 0 Å². The molecule has 1 aliphatic carbocycles. The highest BCUT2D eigenvalue weighted by molar-refractivity contribution is 7.89. The molecule has 1 atom stereocenters. The standard InChI is InChI=1S/C31H37FN4O2S/c1-30(2,3)24-6-12-28(13-7-24)39(37,38)35-17-14-25-18-29-23(19-31(25,22-35)21-34-15-4-5-16-34)20-33-36(29)27-10-8-26(32)9-11-27/h6-13,18,20H,4-5,14-17,19,21-22H2,1-3H3/t31-/m0/s1. The van der Waals surface area contributed by atoms with E-state index in [0.717, 1.165) is 48.6 Å². The van der Waals surface area contributed by atoms with E-state index in [0.29, 0.717) is 24.4 Å². The zero-order valence-corrected chi connectivity index (χ0v) is 23.8. The van der Waals surface area contributed by atoms with E-state index in [1.807, 2.05) is 23.0 Å². The highest BCUT2D eigenvalue weighted by atomic mass is 32.2. The number of nitrogens with zero attached hydrogens (tertiary/aromatic N) is 4. The van der Waals surface area contributed by atoms with Gasteiger partial charge in [0.05, 0.1) is 22.5 Å². The Morgan fingerprint density at radius 1 is 0.974 bits per heavy atom. The van der Waals surface area contributed by atoms with Gasteiger partial charge in [-0.25, -0.2) is 17.5 Å². The topological polar surface area (TPSA) is 58.4 Å². The number of halogens is 1. The molecule has 0 unspecified atom stereocenters. The molecule has 0 spiro atoms. The highest BCUT2D eigenvalue weighted by Crippen LogP contribution is 2.46. The predicted molar refractivity (Wildman–Crippen MR) is 152 cm³/mol. The van der Waals surface area contributed by atoms with Crippen LogP contribution in [0.15, 0.2) is 65.2 Å². The van der Waals surface area contributed by atoms with Crippen molar-refractivity contribution in [3.05, 3.63) is 82.9 Å². The van der Waals surface area contributed by atoms with Gasteiger partial charge in [0.1, 0.15) is 5.82 Å². The Bertz CT molecular complexity index is 1500. The Balaban J connectivity index is 1.34. The molecule has 0 radical (unpaired) electrons. The molecule has 0 bridgehead atoms. The summed E-state index contributed by atoms with van der Waals surface area (Å²) in [5, 5.41) is 4.67. The Labute approximate surface area is 231 Å². The number of hydrogen-bond donors (Lipinski definition) is 0. The minimum Gasteiger partial charge on any atom is -0.302 e. The summed E-state index contributed by atoms with van der Waals surface area (Å²) in [6, 6.07) is 13.8. The lowest BCUT2D eigenvalue weighted by atomic mass is 9.68. The Morgan fingerprint density at radius 2 is 1.67 bits per heavy atom. The number of likely N-dealkylation sites (tertiary alicyclic amines) is 1. The van der Waals surface area contributed by atoms with Crippen LogP contribution in [0.5, 0.6) is 0 Å². The molecule has 3 aliphatic rings. The first kappa shape index (κ1) is 26.4. The van der Waals surface area contributed by atoms with Crippen LogP contribution in [0.2, 0.25) is 0 Å². The van der Waals surface area contributed by atoms with Crippen LogP contribution in [0.25, 0.3) is 11.8 Å². The van der Waals surface area contributed by atoms with Gasteiger partial charge in [-0.15, -0.1) is 0 Å². The van der Waals surface area contributed by atoms with E-state index in [1.165, 1.54) is 30.5 Å². The first-order valence-electron chi connectivity index (χ1n) is 13.9. The lowest BCUT2D eigenvalue weighted by Crippen LogP contribution is -2.53. The first-order chi connectivity index (χ1) is 18.5. The number of piperidine rings is 1. The van der Waals surface area contributed by atoms with Gasteiger partial charge in [0, 0.05) is 25.0 Å². The van der Waals surface area contributed by atoms with Crippen molar-refractivity contribution in [1.29, 1.82) is 0 Å². The van der Waals surface area contributed by atoms with E-state index < -0.39 is 10.0 Å². The van der Waals surface area contributed by atoms with Gasteiger partial charge >= 0.3 is 0 Å². The first-order valence-corrected chi connectivity index (χ1v) is 15.4. The molecule has 6 rings (SSSR count). The van der Waals surface area contributed by atoms with Gasteiger partial charge in [-0.1, -0.05) is 38.5 Å². The normalized spacial score (nSPS) is 22.4. The average molecular weight is 549 g/mol. The summed E-state index contributed by atoms with van der Waals surface area (Å²) >= 11 is 0. The van der Waals surface area contributed by atoms with E-state index in [1.54, 1.807) is 28.6 Å². The molecule has 1 aromatic heterocycles. The third kappa shape index (κ3) is 4.87. The van der Waals surface area contributed by atoms with Crippen LogP contribution in [0.1, 0.15) is 56.9 Å². The lowest BCUT2D eigenvalue weighted by Gasteiger charge is -2.47. The maximum Gasteiger partial charge on any atom is 0.243 e. The number of rotatable bonds is 5. The summed E-state index contributed by atoms with van der Waals surface area (Å²) in [4.78, 5) is 2.86. The highest BCUT2D eigenvalue weighted by Gasteiger charge is 2.47. The molecule has 3 aromatic rings. The maximum atomic E-state index is 13.9. The van der Waals surface area contributed by atoms with Gasteiger partial charge in [-0.05, 0) is 97.8 Å². The fourth-order valence-electron chi connectivity index (χ4n) is 6.48. The van der Waals surface area contributed by atoms with E-state index in [9.17, 15) is 12.8 Å². The molecular weight excluding hydrogens is 511 g/mol. The number of aromatic nitrogens is 2. The lowest BCUT2D eigenvalue weighted by molar-refractivity contribution is 0.145. The second-order valence-corrected chi connectivity index (χ2v) is 14.4. The average Bonchev–Trinajstić information content (AvgIpc) is 3.56. The van der Waals surface area contributed by atoms with Crippen molar-refractivity contribution in [2.24, 2.45) is 5.41 Å². The molecule has 3 heterocycles. The van der Waals surface area contributed by atoms with Crippen LogP contribution in [0.3, 0.4) is 0 Å². The van der Waals surface area contributed by atoms with Gasteiger partial charge in [0.2, 0.25) is 10.0 Å². The van der Waals surface area contributed by atoms with Crippen molar-refractivity contribution >= 4 is 16.1 Å². The predicted octanol–water partition coefficient (Wildman–Crippen LogP) is 5.43. The maximum absolute atomic E-state index is 13.9. The molecule has 2 aromatic carbocycles. The summed E-state index contributed by atoms with van der Waals surface area (Å²) < 4.78 is 45.0. The molecule has 2 fully saturated rings. The van der Waals surface area contributed by atoms with Crippen LogP contribution < -0.4 is 0 Å². The smallest absolute Gasteiger partial charge is 0.243 e. The molecule has 39 heavy (non-hydrogen) atoms. The van der Waals surface area contributed by atoms with Gasteiger partial charge in [-0.3, -0.25) is 0 Å². The van der Waals surface area contributed by atoms with Crippen LogP contribution in [0.4, 0.5) is 4.39 Å². The van der Waals surface area contributed by atoms with E-state index >= 15 is 0 Å². The summed E-state index contributed by atoms with van der Waals surface area (Å²) in [5.41, 5.74) is 5.02. The molecule has 206 valence electrons. The number of fused-ring (bicyclic) bond motifs is 2. The van der Waals surface area contributed by atoms with Gasteiger partial charge < -0.3 is 4.90 Å². The third-order valence-electron chi connectivity index (χ3n) is 8.67. The molecule has 0 saturated carbocycles. The molecule has 2 saturated heterocycles. The van der Waals surface area contributed by atoms with Gasteiger partial charge in [0.25, 0.3) is 0 Å². The molecule has 0 amide bonds. The molecule has 0 N–H and O–H groups in total. The fourth-order valence-corrected chi connectivity index (χ4v) is 8.01. The number of sulfonamides is 1. The third-order valence-corrected chi connectivity index (χ3v) is 10.5. The molecule has 8 heteroatoms. The van der Waals surface area contributed by atoms with Crippen molar-refractivity contribution in [3.8, 4) is 5.69 Å². The zero-order chi connectivity index (χ0) is 27.4. The largest absolute Gasteiger partial charge is 0.302 e. The van der Waals surface area contributed by atoms with Crippen molar-refractivity contribution in [2.45, 2.75) is 56.8 Å². The van der Waals surface area contributed by atoms with Gasteiger partial charge in [-0.2, -0.15) is 9.40 Å². The van der Waals surface area contributed by atoms with Gasteiger partial charge in [0.15, 0.2) is 0 Å². The summed E-state index contributed by atoms with van der Waals surface area (Å²) in [6.45, 7) is 10.3. The monoisotopic (exact) mass is 548 g/mol. The second-order valence-electron chi connectivity index (χ2n) is 12.4. The van der Waals surface area contributed by atoms with Crippen LogP contribution in [-0.4, -0.2) is 60.1 Å². The minimum absolute atomic E-state index is 0.0366. The number of hydrogen-bond acceptors (Lipinski definition) is 4. The van der Waals surface area contributed by atoms with Crippen molar-refractivity contribution in [3.63, 3.8) is 0 Å². The quantitative estimate of drug-likeness (QED) is 0.427.